The Morgan fingerprint density at radius 3 is 2.15 bits per heavy atom. The first-order chi connectivity index (χ1) is 13.0. The largest absolute Gasteiger partial charge is 0.457 e. The fourth-order valence-corrected chi connectivity index (χ4v) is 4.78. The van der Waals surface area contributed by atoms with Crippen molar-refractivity contribution in [3.8, 4) is 11.5 Å². The number of hydrogen-bond donors (Lipinski definition) is 0. The van der Waals surface area contributed by atoms with Crippen LogP contribution in [0.2, 0.25) is 0 Å². The SMILES string of the molecule is Cc1cccc(Oc2ccc(N3C(=O)C4C5C=CC(C5)C4C3=O)cc2)c1C. The molecule has 1 saturated carbocycles. The lowest BCUT2D eigenvalue weighted by molar-refractivity contribution is -0.123. The summed E-state index contributed by atoms with van der Waals surface area (Å²) >= 11 is 0. The summed E-state index contributed by atoms with van der Waals surface area (Å²) in [5.74, 6) is 1.52. The summed E-state index contributed by atoms with van der Waals surface area (Å²) in [4.78, 5) is 27.1. The lowest BCUT2D eigenvalue weighted by Crippen LogP contribution is -2.32. The van der Waals surface area contributed by atoms with Crippen LogP contribution in [0.5, 0.6) is 11.5 Å². The number of carbonyl (C=O) groups excluding carboxylic acids is 2. The smallest absolute Gasteiger partial charge is 0.238 e. The van der Waals surface area contributed by atoms with Crippen molar-refractivity contribution >= 4 is 17.5 Å². The molecule has 0 radical (unpaired) electrons. The van der Waals surface area contributed by atoms with Crippen molar-refractivity contribution in [2.75, 3.05) is 4.90 Å². The van der Waals surface area contributed by atoms with Crippen molar-refractivity contribution in [2.24, 2.45) is 23.7 Å². The average molecular weight is 359 g/mol. The molecule has 5 rings (SSSR count). The monoisotopic (exact) mass is 359 g/mol. The lowest BCUT2D eigenvalue weighted by Gasteiger charge is -2.18. The molecule has 1 saturated heterocycles. The maximum atomic E-state index is 12.9. The van der Waals surface area contributed by atoms with Crippen LogP contribution >= 0.6 is 0 Å². The van der Waals surface area contributed by atoms with E-state index in [9.17, 15) is 9.59 Å². The topological polar surface area (TPSA) is 46.6 Å². The predicted octanol–water partition coefficient (Wildman–Crippen LogP) is 4.41. The van der Waals surface area contributed by atoms with Crippen LogP contribution in [-0.4, -0.2) is 11.8 Å². The van der Waals surface area contributed by atoms with E-state index in [0.29, 0.717) is 11.4 Å². The number of nitrogens with zero attached hydrogens (tertiary/aromatic N) is 1. The normalized spacial score (nSPS) is 28.1. The minimum absolute atomic E-state index is 0.0509. The zero-order chi connectivity index (χ0) is 18.7. The van der Waals surface area contributed by atoms with Crippen molar-refractivity contribution < 1.29 is 14.3 Å². The van der Waals surface area contributed by atoms with Gasteiger partial charge in [0.25, 0.3) is 0 Å². The molecule has 0 aromatic heterocycles. The van der Waals surface area contributed by atoms with E-state index in [1.54, 1.807) is 12.1 Å². The first kappa shape index (κ1) is 16.3. The first-order valence-corrected chi connectivity index (χ1v) is 9.45. The predicted molar refractivity (Wildman–Crippen MR) is 103 cm³/mol. The number of rotatable bonds is 3. The second-order valence-corrected chi connectivity index (χ2v) is 7.81. The van der Waals surface area contributed by atoms with Gasteiger partial charge in [-0.3, -0.25) is 14.5 Å². The Labute approximate surface area is 158 Å². The quantitative estimate of drug-likeness (QED) is 0.602. The molecule has 136 valence electrons. The lowest BCUT2D eigenvalue weighted by atomic mass is 9.85. The molecule has 4 heteroatoms. The fraction of sp³-hybridized carbons (Fsp3) is 0.304. The molecule has 2 aromatic carbocycles. The molecule has 4 nitrogen and oxygen atoms in total. The van der Waals surface area contributed by atoms with Gasteiger partial charge in [0, 0.05) is 0 Å². The van der Waals surface area contributed by atoms with Crippen LogP contribution in [0.25, 0.3) is 0 Å². The highest BCUT2D eigenvalue weighted by Gasteiger charge is 2.59. The van der Waals surface area contributed by atoms with E-state index >= 15 is 0 Å². The van der Waals surface area contributed by atoms with E-state index in [4.69, 9.17) is 4.74 Å². The van der Waals surface area contributed by atoms with E-state index < -0.39 is 0 Å². The van der Waals surface area contributed by atoms with Gasteiger partial charge in [0.15, 0.2) is 0 Å². The number of fused-ring (bicyclic) bond motifs is 5. The Balaban J connectivity index is 1.39. The van der Waals surface area contributed by atoms with Crippen LogP contribution < -0.4 is 9.64 Å². The minimum atomic E-state index is -0.168. The molecule has 0 spiro atoms. The van der Waals surface area contributed by atoms with E-state index in [2.05, 4.69) is 25.1 Å². The van der Waals surface area contributed by atoms with E-state index in [1.165, 1.54) is 10.5 Å². The van der Waals surface area contributed by atoms with Crippen molar-refractivity contribution in [2.45, 2.75) is 20.3 Å². The number of ether oxygens (including phenoxy) is 1. The molecule has 4 atom stereocenters. The van der Waals surface area contributed by atoms with Gasteiger partial charge in [0.2, 0.25) is 11.8 Å². The van der Waals surface area contributed by atoms with Crippen molar-refractivity contribution in [3.63, 3.8) is 0 Å². The van der Waals surface area contributed by atoms with Gasteiger partial charge in [-0.05, 0) is 73.6 Å². The number of amides is 2. The third-order valence-corrected chi connectivity index (χ3v) is 6.35. The summed E-state index contributed by atoms with van der Waals surface area (Å²) in [5, 5.41) is 0. The molecular weight excluding hydrogens is 338 g/mol. The maximum Gasteiger partial charge on any atom is 0.238 e. The van der Waals surface area contributed by atoms with Crippen LogP contribution in [0, 0.1) is 37.5 Å². The van der Waals surface area contributed by atoms with Crippen LogP contribution in [0.1, 0.15) is 17.5 Å². The standard InChI is InChI=1S/C23H21NO3/c1-13-4-3-5-19(14(13)2)27-18-10-8-17(9-11-18)24-22(25)20-15-6-7-16(12-15)21(20)23(24)26/h3-11,15-16,20-21H,12H2,1-2H3. The molecular formula is C23H21NO3. The molecule has 2 bridgehead atoms. The molecule has 2 aliphatic carbocycles. The second-order valence-electron chi connectivity index (χ2n) is 7.81. The Bertz CT molecular complexity index is 946. The number of aryl methyl sites for hydroxylation is 1. The van der Waals surface area contributed by atoms with Crippen LogP contribution in [0.15, 0.2) is 54.6 Å². The number of benzene rings is 2. The number of hydrogen-bond acceptors (Lipinski definition) is 3. The molecule has 2 aromatic rings. The van der Waals surface area contributed by atoms with Gasteiger partial charge in [-0.2, -0.15) is 0 Å². The zero-order valence-electron chi connectivity index (χ0n) is 15.4. The van der Waals surface area contributed by atoms with Crippen molar-refractivity contribution in [1.82, 2.24) is 0 Å². The van der Waals surface area contributed by atoms with E-state index in [-0.39, 0.29) is 35.5 Å². The Morgan fingerprint density at radius 1 is 0.889 bits per heavy atom. The third kappa shape index (κ3) is 2.36. The van der Waals surface area contributed by atoms with Crippen LogP contribution in [0.4, 0.5) is 5.69 Å². The highest BCUT2D eigenvalue weighted by atomic mass is 16.5. The van der Waals surface area contributed by atoms with Crippen molar-refractivity contribution in [3.05, 3.63) is 65.7 Å². The molecule has 0 N–H and O–H groups in total. The van der Waals surface area contributed by atoms with Crippen molar-refractivity contribution in [1.29, 1.82) is 0 Å². The molecule has 3 aliphatic rings. The van der Waals surface area contributed by atoms with Crippen LogP contribution in [0.3, 0.4) is 0 Å². The van der Waals surface area contributed by atoms with Crippen LogP contribution in [-0.2, 0) is 9.59 Å². The molecule has 1 heterocycles. The summed E-state index contributed by atoms with van der Waals surface area (Å²) in [7, 11) is 0. The molecule has 1 aliphatic heterocycles. The van der Waals surface area contributed by atoms with Gasteiger partial charge >= 0.3 is 0 Å². The van der Waals surface area contributed by atoms with Gasteiger partial charge < -0.3 is 4.74 Å². The first-order valence-electron chi connectivity index (χ1n) is 9.45. The maximum absolute atomic E-state index is 12.9. The summed E-state index contributed by atoms with van der Waals surface area (Å²) < 4.78 is 5.98. The molecule has 2 fully saturated rings. The highest BCUT2D eigenvalue weighted by Crippen LogP contribution is 2.53. The van der Waals surface area contributed by atoms with Gasteiger partial charge in [-0.15, -0.1) is 0 Å². The summed E-state index contributed by atoms with van der Waals surface area (Å²) in [6.45, 7) is 4.08. The Kier molecular flexibility index (Phi) is 3.51. The third-order valence-electron chi connectivity index (χ3n) is 6.35. The summed E-state index contributed by atoms with van der Waals surface area (Å²) in [6.07, 6.45) is 5.17. The number of carbonyl (C=O) groups is 2. The Morgan fingerprint density at radius 2 is 1.52 bits per heavy atom. The number of allylic oxidation sites excluding steroid dienone is 2. The highest BCUT2D eigenvalue weighted by molar-refractivity contribution is 6.22. The van der Waals surface area contributed by atoms with Gasteiger partial charge in [-0.25, -0.2) is 0 Å². The number of imide groups is 1. The molecule has 4 unspecified atom stereocenters. The fourth-order valence-electron chi connectivity index (χ4n) is 4.78. The second kappa shape index (κ2) is 5.81. The molecule has 27 heavy (non-hydrogen) atoms. The minimum Gasteiger partial charge on any atom is -0.457 e. The van der Waals surface area contributed by atoms with E-state index in [0.717, 1.165) is 17.7 Å². The van der Waals surface area contributed by atoms with Gasteiger partial charge in [-0.1, -0.05) is 24.3 Å². The zero-order valence-corrected chi connectivity index (χ0v) is 15.4. The Hall–Kier alpha value is -2.88. The van der Waals surface area contributed by atoms with Gasteiger partial charge in [0.05, 0.1) is 17.5 Å². The number of anilines is 1. The average Bonchev–Trinajstić information content (AvgIpc) is 3.34. The van der Waals surface area contributed by atoms with E-state index in [1.807, 2.05) is 31.2 Å². The summed E-state index contributed by atoms with van der Waals surface area (Å²) in [5.41, 5.74) is 2.90. The molecule has 2 amide bonds. The van der Waals surface area contributed by atoms with Gasteiger partial charge in [0.1, 0.15) is 11.5 Å². The summed E-state index contributed by atoms with van der Waals surface area (Å²) in [6, 6.07) is 13.2.